The summed E-state index contributed by atoms with van der Waals surface area (Å²) in [4.78, 5) is 12.3. The number of amides is 1. The van der Waals surface area contributed by atoms with Gasteiger partial charge in [0.1, 0.15) is 5.75 Å². The van der Waals surface area contributed by atoms with E-state index in [0.717, 1.165) is 22.4 Å². The molecule has 1 N–H and O–H groups in total. The Morgan fingerprint density at radius 3 is 2.61 bits per heavy atom. The molecule has 0 aromatic heterocycles. The minimum atomic E-state index is -0.163. The van der Waals surface area contributed by atoms with Gasteiger partial charge in [-0.15, -0.1) is 0 Å². The minimum absolute atomic E-state index is 0.106. The molecule has 1 amide bonds. The molecular weight excluding hydrogens is 333 g/mol. The van der Waals surface area contributed by atoms with E-state index in [9.17, 15) is 4.79 Å². The number of carbonyl (C=O) groups is 1. The molecule has 0 saturated carbocycles. The van der Waals surface area contributed by atoms with E-state index < -0.39 is 0 Å². The molecule has 0 heterocycles. The summed E-state index contributed by atoms with van der Waals surface area (Å²) in [5, 5.41) is 4.02. The highest BCUT2D eigenvalue weighted by Gasteiger charge is 2.15. The van der Waals surface area contributed by atoms with Crippen LogP contribution in [0.2, 0.25) is 10.0 Å². The Balaban J connectivity index is 2.09. The normalized spacial score (nSPS) is 11.9. The molecule has 0 aliphatic heterocycles. The van der Waals surface area contributed by atoms with E-state index in [2.05, 4.69) is 5.32 Å². The molecule has 5 heteroatoms. The summed E-state index contributed by atoms with van der Waals surface area (Å²) in [5.74, 6) is 0.651. The van der Waals surface area contributed by atoms with Gasteiger partial charge in [0, 0.05) is 15.6 Å². The van der Waals surface area contributed by atoms with Crippen LogP contribution in [0.5, 0.6) is 5.75 Å². The van der Waals surface area contributed by atoms with Crippen molar-refractivity contribution in [3.63, 3.8) is 0 Å². The lowest BCUT2D eigenvalue weighted by Gasteiger charge is -2.18. The first-order valence-corrected chi connectivity index (χ1v) is 8.04. The molecule has 0 spiro atoms. The highest BCUT2D eigenvalue weighted by molar-refractivity contribution is 6.35. The molecule has 0 radical (unpaired) electrons. The number of nitrogens with one attached hydrogen (secondary N) is 1. The summed E-state index contributed by atoms with van der Waals surface area (Å²) in [7, 11) is 1.62. The Morgan fingerprint density at radius 1 is 1.22 bits per heavy atom. The van der Waals surface area contributed by atoms with Gasteiger partial charge in [-0.3, -0.25) is 4.79 Å². The second kappa shape index (κ2) is 7.71. The van der Waals surface area contributed by atoms with Crippen LogP contribution in [0, 0.1) is 6.92 Å². The number of carbonyl (C=O) groups excluding carboxylic acids is 1. The number of ether oxygens (including phenoxy) is 1. The van der Waals surface area contributed by atoms with Crippen LogP contribution in [0.4, 0.5) is 0 Å². The average Bonchev–Trinajstić information content (AvgIpc) is 2.50. The van der Waals surface area contributed by atoms with E-state index in [1.54, 1.807) is 25.3 Å². The van der Waals surface area contributed by atoms with E-state index in [-0.39, 0.29) is 18.4 Å². The van der Waals surface area contributed by atoms with Gasteiger partial charge in [0.2, 0.25) is 5.91 Å². The SMILES string of the molecule is COc1ccc(C)cc1[C@@H](C)NC(=O)Cc1ccc(Cl)cc1Cl. The summed E-state index contributed by atoms with van der Waals surface area (Å²) in [6.45, 7) is 3.93. The fourth-order valence-electron chi connectivity index (χ4n) is 2.40. The van der Waals surface area contributed by atoms with Gasteiger partial charge in [0.15, 0.2) is 0 Å². The van der Waals surface area contributed by atoms with Crippen molar-refractivity contribution < 1.29 is 9.53 Å². The number of methoxy groups -OCH3 is 1. The summed E-state index contributed by atoms with van der Waals surface area (Å²) in [5.41, 5.74) is 2.81. The molecule has 2 rings (SSSR count). The van der Waals surface area contributed by atoms with Crippen LogP contribution in [0.15, 0.2) is 36.4 Å². The zero-order valence-corrected chi connectivity index (χ0v) is 14.8. The van der Waals surface area contributed by atoms with Crippen LogP contribution in [0.3, 0.4) is 0 Å². The molecule has 0 aliphatic rings. The van der Waals surface area contributed by atoms with Crippen molar-refractivity contribution in [3.8, 4) is 5.75 Å². The van der Waals surface area contributed by atoms with Crippen LogP contribution in [-0.2, 0) is 11.2 Å². The van der Waals surface area contributed by atoms with Gasteiger partial charge in [-0.1, -0.05) is 47.0 Å². The fourth-order valence-corrected chi connectivity index (χ4v) is 2.88. The molecule has 23 heavy (non-hydrogen) atoms. The summed E-state index contributed by atoms with van der Waals surface area (Å²) in [6, 6.07) is 10.9. The molecule has 1 atom stereocenters. The lowest BCUT2D eigenvalue weighted by atomic mass is 10.0. The van der Waals surface area contributed by atoms with Gasteiger partial charge in [0.05, 0.1) is 19.6 Å². The smallest absolute Gasteiger partial charge is 0.224 e. The Bertz CT molecular complexity index is 716. The Hall–Kier alpha value is -1.71. The molecule has 0 fully saturated rings. The quantitative estimate of drug-likeness (QED) is 0.845. The molecule has 2 aromatic rings. The lowest BCUT2D eigenvalue weighted by molar-refractivity contribution is -0.121. The number of halogens is 2. The largest absolute Gasteiger partial charge is 0.496 e. The highest BCUT2D eigenvalue weighted by atomic mass is 35.5. The summed E-state index contributed by atoms with van der Waals surface area (Å²) in [6.07, 6.45) is 0.203. The van der Waals surface area contributed by atoms with Crippen molar-refractivity contribution in [1.29, 1.82) is 0 Å². The van der Waals surface area contributed by atoms with Crippen LogP contribution in [-0.4, -0.2) is 13.0 Å². The standard InChI is InChI=1S/C18H19Cl2NO2/c1-11-4-7-17(23-3)15(8-11)12(2)21-18(22)9-13-5-6-14(19)10-16(13)20/h4-8,10,12H,9H2,1-3H3,(H,21,22)/t12-/m1/s1. The Kier molecular flexibility index (Phi) is 5.91. The average molecular weight is 352 g/mol. The van der Waals surface area contributed by atoms with Crippen LogP contribution < -0.4 is 10.1 Å². The van der Waals surface area contributed by atoms with Gasteiger partial charge in [-0.25, -0.2) is 0 Å². The summed E-state index contributed by atoms with van der Waals surface area (Å²) < 4.78 is 5.37. The molecule has 3 nitrogen and oxygen atoms in total. The minimum Gasteiger partial charge on any atom is -0.496 e. The van der Waals surface area contributed by atoms with E-state index >= 15 is 0 Å². The van der Waals surface area contributed by atoms with Crippen LogP contribution in [0.25, 0.3) is 0 Å². The van der Waals surface area contributed by atoms with Crippen molar-refractivity contribution in [1.82, 2.24) is 5.32 Å². The predicted octanol–water partition coefficient (Wildman–Crippen LogP) is 4.73. The van der Waals surface area contributed by atoms with E-state index in [0.29, 0.717) is 10.0 Å². The third kappa shape index (κ3) is 4.63. The fraction of sp³-hybridized carbons (Fsp3) is 0.278. The van der Waals surface area contributed by atoms with Gasteiger partial charge in [-0.05, 0) is 37.6 Å². The highest BCUT2D eigenvalue weighted by Crippen LogP contribution is 2.26. The number of rotatable bonds is 5. The molecule has 0 aliphatic carbocycles. The maximum atomic E-state index is 12.3. The number of benzene rings is 2. The molecule has 0 bridgehead atoms. The first-order chi connectivity index (χ1) is 10.9. The number of hydrogen-bond donors (Lipinski definition) is 1. The molecule has 0 saturated heterocycles. The third-order valence-electron chi connectivity index (χ3n) is 3.60. The number of aryl methyl sites for hydroxylation is 1. The zero-order chi connectivity index (χ0) is 17.0. The summed E-state index contributed by atoms with van der Waals surface area (Å²) >= 11 is 12.0. The van der Waals surface area contributed by atoms with Crippen LogP contribution in [0.1, 0.15) is 29.7 Å². The van der Waals surface area contributed by atoms with Crippen molar-refractivity contribution >= 4 is 29.1 Å². The second-order valence-electron chi connectivity index (χ2n) is 5.45. The monoisotopic (exact) mass is 351 g/mol. The lowest BCUT2D eigenvalue weighted by Crippen LogP contribution is -2.28. The van der Waals surface area contributed by atoms with Gasteiger partial charge < -0.3 is 10.1 Å². The number of hydrogen-bond acceptors (Lipinski definition) is 2. The van der Waals surface area contributed by atoms with Gasteiger partial charge in [-0.2, -0.15) is 0 Å². The Morgan fingerprint density at radius 2 is 1.96 bits per heavy atom. The second-order valence-corrected chi connectivity index (χ2v) is 6.29. The molecular formula is C18H19Cl2NO2. The first kappa shape index (κ1) is 17.6. The first-order valence-electron chi connectivity index (χ1n) is 7.28. The predicted molar refractivity (Wildman–Crippen MR) is 94.5 cm³/mol. The topological polar surface area (TPSA) is 38.3 Å². The van der Waals surface area contributed by atoms with Gasteiger partial charge >= 0.3 is 0 Å². The Labute approximate surface area is 146 Å². The van der Waals surface area contributed by atoms with Crippen molar-refractivity contribution in [2.24, 2.45) is 0 Å². The van der Waals surface area contributed by atoms with E-state index in [1.165, 1.54) is 0 Å². The maximum Gasteiger partial charge on any atom is 0.224 e. The van der Waals surface area contributed by atoms with Crippen molar-refractivity contribution in [2.45, 2.75) is 26.3 Å². The third-order valence-corrected chi connectivity index (χ3v) is 4.18. The zero-order valence-electron chi connectivity index (χ0n) is 13.3. The molecule has 2 aromatic carbocycles. The maximum absolute atomic E-state index is 12.3. The van der Waals surface area contributed by atoms with Crippen molar-refractivity contribution in [3.05, 3.63) is 63.1 Å². The molecule has 0 unspecified atom stereocenters. The van der Waals surface area contributed by atoms with Crippen LogP contribution >= 0.6 is 23.2 Å². The van der Waals surface area contributed by atoms with E-state index in [1.807, 2.05) is 32.0 Å². The van der Waals surface area contributed by atoms with Crippen molar-refractivity contribution in [2.75, 3.05) is 7.11 Å². The van der Waals surface area contributed by atoms with Gasteiger partial charge in [0.25, 0.3) is 0 Å². The molecule has 122 valence electrons. The van der Waals surface area contributed by atoms with E-state index in [4.69, 9.17) is 27.9 Å².